The molecule has 0 aliphatic carbocycles. The third-order valence-electron chi connectivity index (χ3n) is 9.28. The van der Waals surface area contributed by atoms with Gasteiger partial charge in [-0.05, 0) is 51.4 Å². The van der Waals surface area contributed by atoms with Gasteiger partial charge in [-0.25, -0.2) is 0 Å². The molecule has 0 saturated carbocycles. The molecule has 0 aliphatic rings. The number of rotatable bonds is 31. The summed E-state index contributed by atoms with van der Waals surface area (Å²) in [5.41, 5.74) is 16.1. The molecule has 18 N–H and O–H groups in total. The number of nitrogens with one attached hydrogen (secondary N) is 8. The predicted molar refractivity (Wildman–Crippen MR) is 225 cm³/mol. The number of amides is 10. The molecule has 0 spiro atoms. The second-order valence-electron chi connectivity index (χ2n) is 15.9. The van der Waals surface area contributed by atoms with Crippen molar-refractivity contribution in [2.45, 2.75) is 141 Å². The van der Waals surface area contributed by atoms with Crippen molar-refractivity contribution in [1.29, 1.82) is 0 Å². The number of nitrogens with two attached hydrogens (primary N) is 3. The first-order valence-electron chi connectivity index (χ1n) is 20.6. The summed E-state index contributed by atoms with van der Waals surface area (Å²) >= 11 is 0. The Bertz CT molecular complexity index is 1730. The first-order chi connectivity index (χ1) is 30.1. The van der Waals surface area contributed by atoms with Gasteiger partial charge in [0.05, 0.1) is 19.3 Å². The molecule has 0 saturated heterocycles. The predicted octanol–water partition coefficient (Wildman–Crippen LogP) is -6.60. The van der Waals surface area contributed by atoms with Gasteiger partial charge in [-0.3, -0.25) is 57.5 Å². The number of aliphatic hydroxyl groups excluding tert-OH is 2. The van der Waals surface area contributed by atoms with Gasteiger partial charge >= 0.3 is 11.9 Å². The molecular weight excluding hydrogens is 866 g/mol. The lowest BCUT2D eigenvalue weighted by atomic mass is 10.0. The van der Waals surface area contributed by atoms with Gasteiger partial charge in [-0.1, -0.05) is 27.7 Å². The van der Waals surface area contributed by atoms with Gasteiger partial charge in [0.1, 0.15) is 48.3 Å². The fraction of sp³-hybridized carbons (Fsp3) is 0.684. The number of hydrogen-bond acceptors (Lipinski definition) is 15. The summed E-state index contributed by atoms with van der Waals surface area (Å²) in [6, 6.07) is -11.9. The lowest BCUT2D eigenvalue weighted by molar-refractivity contribution is -0.139. The number of primary amides is 2. The highest BCUT2D eigenvalue weighted by Crippen LogP contribution is 2.09. The normalized spacial score (nSPS) is 15.2. The molecule has 9 atom stereocenters. The maximum absolute atomic E-state index is 13.5. The molecular formula is C38H65N11O16. The Balaban J connectivity index is 6.05. The summed E-state index contributed by atoms with van der Waals surface area (Å²) in [4.78, 5) is 151. The van der Waals surface area contributed by atoms with Crippen LogP contribution in [0.3, 0.4) is 0 Å². The van der Waals surface area contributed by atoms with Crippen LogP contribution in [0.25, 0.3) is 0 Å². The van der Waals surface area contributed by atoms with Crippen molar-refractivity contribution in [3.63, 3.8) is 0 Å². The van der Waals surface area contributed by atoms with Crippen LogP contribution in [0.5, 0.6) is 0 Å². The van der Waals surface area contributed by atoms with Crippen LogP contribution in [-0.4, -0.2) is 159 Å². The van der Waals surface area contributed by atoms with E-state index < -0.39 is 183 Å². The van der Waals surface area contributed by atoms with Gasteiger partial charge in [-0.15, -0.1) is 0 Å². The molecule has 0 fully saturated rings. The fourth-order valence-corrected chi connectivity index (χ4v) is 5.62. The van der Waals surface area contributed by atoms with Crippen LogP contribution in [0, 0.1) is 11.8 Å². The molecule has 0 aliphatic heterocycles. The van der Waals surface area contributed by atoms with Crippen molar-refractivity contribution in [3.05, 3.63) is 0 Å². The Kier molecular flexibility index (Phi) is 26.2. The van der Waals surface area contributed by atoms with Crippen molar-refractivity contribution in [3.8, 4) is 0 Å². The lowest BCUT2D eigenvalue weighted by Gasteiger charge is -2.28. The van der Waals surface area contributed by atoms with E-state index in [2.05, 4.69) is 42.5 Å². The zero-order valence-electron chi connectivity index (χ0n) is 37.1. The van der Waals surface area contributed by atoms with E-state index in [0.29, 0.717) is 0 Å². The van der Waals surface area contributed by atoms with Gasteiger partial charge in [0.25, 0.3) is 0 Å². The maximum Gasteiger partial charge on any atom is 0.303 e. The Morgan fingerprint density at radius 2 is 0.954 bits per heavy atom. The Morgan fingerprint density at radius 3 is 1.38 bits per heavy atom. The first kappa shape index (κ1) is 58.5. The summed E-state index contributed by atoms with van der Waals surface area (Å²) in [5.74, 6) is -13.4. The van der Waals surface area contributed by atoms with E-state index in [0.717, 1.165) is 6.92 Å². The maximum atomic E-state index is 13.5. The standard InChI is InChI=1S/C38H65N11O16/c1-16(2)13-24(31(41)58)47-36(63)22(8-11-27(54)55)44-32(59)18(5)43-26(53)14-42-34(61)21(7-10-25(40)52)45-35(62)23(9-12-28(56)57)46-38(65)30(19(6)51)49-37(64)29(17(3)4)48-33(60)20(39)15-50/h16-24,29-30,50-51H,7-15,39H2,1-6H3,(H2,40,52)(H2,41,58)(H,42,61)(H,43,53)(H,44,59)(H,45,62)(H,46,65)(H,47,63)(H,48,60)(H,49,64)(H,54,55)(H,56,57)/t18-,19+,20-,21-,22-,23-,24-,29-,30-/m0/s1. The van der Waals surface area contributed by atoms with E-state index in [1.807, 2.05) is 0 Å². The van der Waals surface area contributed by atoms with Gasteiger partial charge in [0.15, 0.2) is 0 Å². The molecule has 368 valence electrons. The Morgan fingerprint density at radius 1 is 0.523 bits per heavy atom. The zero-order chi connectivity index (χ0) is 50.3. The summed E-state index contributed by atoms with van der Waals surface area (Å²) in [6.07, 6.45) is -4.79. The molecule has 0 unspecified atom stereocenters. The molecule has 27 nitrogen and oxygen atoms in total. The van der Waals surface area contributed by atoms with Crippen LogP contribution in [0.15, 0.2) is 0 Å². The molecule has 0 bridgehead atoms. The zero-order valence-corrected chi connectivity index (χ0v) is 37.1. The Labute approximate surface area is 374 Å². The minimum absolute atomic E-state index is 0.0800. The van der Waals surface area contributed by atoms with Crippen LogP contribution < -0.4 is 59.7 Å². The van der Waals surface area contributed by atoms with Crippen LogP contribution in [0.1, 0.15) is 86.5 Å². The van der Waals surface area contributed by atoms with E-state index in [-0.39, 0.29) is 12.3 Å². The summed E-state index contributed by atoms with van der Waals surface area (Å²) in [6.45, 7) is 7.27. The minimum Gasteiger partial charge on any atom is -0.481 e. The number of aliphatic hydroxyl groups is 2. The van der Waals surface area contributed by atoms with Gasteiger partial charge in [0, 0.05) is 19.3 Å². The van der Waals surface area contributed by atoms with E-state index in [1.165, 1.54) is 20.8 Å². The van der Waals surface area contributed by atoms with Crippen LogP contribution in [0.2, 0.25) is 0 Å². The van der Waals surface area contributed by atoms with E-state index >= 15 is 0 Å². The summed E-state index contributed by atoms with van der Waals surface area (Å²) < 4.78 is 0. The Hall–Kier alpha value is -6.48. The second kappa shape index (κ2) is 29.1. The molecule has 27 heteroatoms. The number of carbonyl (C=O) groups excluding carboxylic acids is 10. The van der Waals surface area contributed by atoms with Crippen LogP contribution in [-0.2, 0) is 57.5 Å². The molecule has 0 heterocycles. The minimum atomic E-state index is -1.80. The molecule has 0 radical (unpaired) electrons. The average Bonchev–Trinajstić information content (AvgIpc) is 3.20. The van der Waals surface area contributed by atoms with Crippen molar-refractivity contribution in [1.82, 2.24) is 42.5 Å². The molecule has 65 heavy (non-hydrogen) atoms. The lowest BCUT2D eigenvalue weighted by Crippen LogP contribution is -2.62. The van der Waals surface area contributed by atoms with E-state index in [4.69, 9.17) is 22.3 Å². The van der Waals surface area contributed by atoms with Crippen LogP contribution >= 0.6 is 0 Å². The number of carbonyl (C=O) groups is 12. The van der Waals surface area contributed by atoms with Gasteiger partial charge in [-0.2, -0.15) is 0 Å². The number of hydrogen-bond donors (Lipinski definition) is 15. The van der Waals surface area contributed by atoms with Crippen molar-refractivity contribution >= 4 is 71.0 Å². The summed E-state index contributed by atoms with van der Waals surface area (Å²) in [7, 11) is 0. The highest BCUT2D eigenvalue weighted by molar-refractivity contribution is 5.98. The van der Waals surface area contributed by atoms with E-state index in [1.54, 1.807) is 13.8 Å². The second-order valence-corrected chi connectivity index (χ2v) is 15.9. The monoisotopic (exact) mass is 931 g/mol. The third-order valence-corrected chi connectivity index (χ3v) is 9.28. The highest BCUT2D eigenvalue weighted by Gasteiger charge is 2.35. The highest BCUT2D eigenvalue weighted by atomic mass is 16.4. The topological polar surface area (TPSA) is 460 Å². The molecule has 10 amide bonds. The third kappa shape index (κ3) is 23.1. The van der Waals surface area contributed by atoms with Crippen molar-refractivity contribution < 1.29 is 78.0 Å². The van der Waals surface area contributed by atoms with Crippen LogP contribution in [0.4, 0.5) is 0 Å². The SMILES string of the molecule is CC(C)C[C@H](NC(=O)[C@H](CCC(=O)O)NC(=O)[C@H](C)NC(=O)CNC(=O)[C@H](CCC(N)=O)NC(=O)[C@H](CCC(=O)O)NC(=O)[C@@H](NC(=O)[C@@H](NC(=O)[C@@H](N)CO)C(C)C)[C@@H](C)O)C(N)=O. The van der Waals surface area contributed by atoms with E-state index in [9.17, 15) is 72.9 Å². The van der Waals surface area contributed by atoms with Gasteiger partial charge < -0.3 is 80.2 Å². The van der Waals surface area contributed by atoms with Crippen molar-refractivity contribution in [2.75, 3.05) is 13.2 Å². The van der Waals surface area contributed by atoms with Gasteiger partial charge in [0.2, 0.25) is 59.1 Å². The molecule has 0 rings (SSSR count). The number of carboxylic acids is 2. The largest absolute Gasteiger partial charge is 0.481 e. The molecule has 0 aromatic rings. The molecule has 0 aromatic carbocycles. The molecule has 0 aromatic heterocycles. The average molecular weight is 932 g/mol. The summed E-state index contributed by atoms with van der Waals surface area (Å²) in [5, 5.41) is 56.2. The smallest absolute Gasteiger partial charge is 0.303 e. The number of carboxylic acid groups (broad SMARTS) is 2. The quantitative estimate of drug-likeness (QED) is 0.0307. The number of aliphatic carboxylic acids is 2. The first-order valence-corrected chi connectivity index (χ1v) is 20.6. The van der Waals surface area contributed by atoms with Crippen molar-refractivity contribution in [2.24, 2.45) is 29.0 Å². The fourth-order valence-electron chi connectivity index (χ4n) is 5.62.